The summed E-state index contributed by atoms with van der Waals surface area (Å²) in [6.07, 6.45) is 7.38. The van der Waals surface area contributed by atoms with Crippen LogP contribution in [0.25, 0.3) is 0 Å². The van der Waals surface area contributed by atoms with Crippen LogP contribution in [0.5, 0.6) is 0 Å². The first-order valence-electron chi connectivity index (χ1n) is 12.9. The number of ketones is 1. The highest BCUT2D eigenvalue weighted by atomic mass is 16.6. The molecular formula is C27H41NO6. The number of hydrogen-bond acceptors (Lipinski definition) is 6. The van der Waals surface area contributed by atoms with Gasteiger partial charge in [0.25, 0.3) is 0 Å². The van der Waals surface area contributed by atoms with Crippen LogP contribution in [0.4, 0.5) is 4.79 Å². The van der Waals surface area contributed by atoms with Crippen LogP contribution in [0.3, 0.4) is 0 Å². The third-order valence-corrected chi connectivity index (χ3v) is 10.0. The van der Waals surface area contributed by atoms with E-state index in [0.717, 1.165) is 44.1 Å². The molecule has 5 unspecified atom stereocenters. The molecule has 190 valence electrons. The summed E-state index contributed by atoms with van der Waals surface area (Å²) in [7, 11) is 1.73. The third-order valence-electron chi connectivity index (χ3n) is 10.0. The molecule has 4 rings (SSSR count). The number of carbonyl (C=O) groups is 3. The van der Waals surface area contributed by atoms with Gasteiger partial charge in [-0.2, -0.15) is 0 Å². The highest BCUT2D eigenvalue weighted by Gasteiger charge is 2.68. The number of nitrogens with one attached hydrogen (secondary N) is 1. The van der Waals surface area contributed by atoms with Gasteiger partial charge in [0, 0.05) is 25.9 Å². The van der Waals surface area contributed by atoms with Crippen molar-refractivity contribution >= 4 is 17.8 Å². The van der Waals surface area contributed by atoms with Gasteiger partial charge in [-0.3, -0.25) is 9.59 Å². The average Bonchev–Trinajstić information content (AvgIpc) is 3.12. The number of carbonyl (C=O) groups excluding carboxylic acids is 3. The molecule has 7 nitrogen and oxygen atoms in total. The van der Waals surface area contributed by atoms with Crippen molar-refractivity contribution in [1.29, 1.82) is 0 Å². The number of hydrogen-bond donors (Lipinski definition) is 1. The van der Waals surface area contributed by atoms with Crippen LogP contribution in [-0.2, 0) is 23.8 Å². The molecule has 0 heterocycles. The monoisotopic (exact) mass is 475 g/mol. The highest BCUT2D eigenvalue weighted by molar-refractivity contribution is 5.95. The molecule has 3 saturated carbocycles. The van der Waals surface area contributed by atoms with Crippen molar-refractivity contribution in [3.8, 4) is 0 Å². The van der Waals surface area contributed by atoms with Crippen molar-refractivity contribution in [2.45, 2.75) is 97.3 Å². The summed E-state index contributed by atoms with van der Waals surface area (Å²) in [6, 6.07) is -0.273. The first kappa shape index (κ1) is 25.2. The lowest BCUT2D eigenvalue weighted by Gasteiger charge is -2.67. The van der Waals surface area contributed by atoms with Crippen LogP contribution >= 0.6 is 0 Å². The van der Waals surface area contributed by atoms with Gasteiger partial charge in [0.05, 0.1) is 18.2 Å². The van der Waals surface area contributed by atoms with Crippen LogP contribution in [0.15, 0.2) is 11.6 Å². The maximum atomic E-state index is 12.7. The molecule has 0 saturated heterocycles. The van der Waals surface area contributed by atoms with Gasteiger partial charge in [-0.15, -0.1) is 0 Å². The quantitative estimate of drug-likeness (QED) is 0.586. The van der Waals surface area contributed by atoms with Crippen LogP contribution in [0, 0.1) is 28.6 Å². The van der Waals surface area contributed by atoms with Crippen molar-refractivity contribution in [2.75, 3.05) is 13.7 Å². The van der Waals surface area contributed by atoms with E-state index in [2.05, 4.69) is 25.2 Å². The molecule has 0 aliphatic heterocycles. The van der Waals surface area contributed by atoms with Gasteiger partial charge < -0.3 is 19.5 Å². The smallest absolute Gasteiger partial charge is 0.407 e. The summed E-state index contributed by atoms with van der Waals surface area (Å²) >= 11 is 0. The minimum absolute atomic E-state index is 0.111. The lowest BCUT2D eigenvalue weighted by atomic mass is 9.42. The van der Waals surface area contributed by atoms with Crippen molar-refractivity contribution in [3.05, 3.63) is 11.6 Å². The number of methoxy groups -OCH3 is 1. The first-order valence-corrected chi connectivity index (χ1v) is 12.9. The number of ether oxygens (including phenoxy) is 3. The Balaban J connectivity index is 1.73. The fourth-order valence-electron chi connectivity index (χ4n) is 8.65. The Kier molecular flexibility index (Phi) is 6.64. The van der Waals surface area contributed by atoms with Crippen molar-refractivity contribution < 1.29 is 28.6 Å². The zero-order chi connectivity index (χ0) is 24.9. The molecule has 0 aromatic heterocycles. The fourth-order valence-corrected chi connectivity index (χ4v) is 8.65. The van der Waals surface area contributed by atoms with Crippen LogP contribution in [0.2, 0.25) is 0 Å². The van der Waals surface area contributed by atoms with E-state index in [0.29, 0.717) is 30.8 Å². The number of allylic oxidation sites excluding steroid dienone is 2. The van der Waals surface area contributed by atoms with Gasteiger partial charge in [0.2, 0.25) is 0 Å². The summed E-state index contributed by atoms with van der Waals surface area (Å²) in [5.74, 6) is 1.03. The lowest BCUT2D eigenvalue weighted by molar-refractivity contribution is -0.245. The van der Waals surface area contributed by atoms with Crippen molar-refractivity contribution in [3.63, 3.8) is 0 Å². The number of Topliss-reactive ketones (excluding diaryl/α,β-unsaturated/α-hetero) is 1. The molecule has 3 fully saturated rings. The molecule has 4 aliphatic carbocycles. The first-order chi connectivity index (χ1) is 16.0. The number of rotatable bonds is 5. The molecule has 0 bridgehead atoms. The topological polar surface area (TPSA) is 90.9 Å². The van der Waals surface area contributed by atoms with E-state index in [1.807, 2.05) is 0 Å². The maximum Gasteiger partial charge on any atom is 0.407 e. The molecule has 0 spiro atoms. The summed E-state index contributed by atoms with van der Waals surface area (Å²) in [5, 5.41) is 3.16. The van der Waals surface area contributed by atoms with E-state index < -0.39 is 11.7 Å². The average molecular weight is 476 g/mol. The second kappa shape index (κ2) is 8.96. The molecule has 0 aromatic carbocycles. The largest absolute Gasteiger partial charge is 0.462 e. The van der Waals surface area contributed by atoms with E-state index >= 15 is 0 Å². The normalized spacial score (nSPS) is 43.0. The Morgan fingerprint density at radius 2 is 1.85 bits per heavy atom. The van der Waals surface area contributed by atoms with E-state index in [1.165, 1.54) is 6.92 Å². The molecule has 1 amide bonds. The van der Waals surface area contributed by atoms with Crippen molar-refractivity contribution in [2.24, 2.45) is 28.6 Å². The SMILES string of the molecule is CCOC(=O)NC1CC2C3CC=C(C(C)=O)[C@@]3(C)CCC2[C@@]2(C)CC[C@H](OC(C)=O)CC12OC. The Bertz CT molecular complexity index is 884. The molecule has 0 aromatic rings. The molecular weight excluding hydrogens is 434 g/mol. The maximum absolute atomic E-state index is 12.7. The lowest BCUT2D eigenvalue weighted by Crippen LogP contribution is -2.72. The van der Waals surface area contributed by atoms with E-state index in [4.69, 9.17) is 14.2 Å². The number of amides is 1. The zero-order valence-corrected chi connectivity index (χ0v) is 21.6. The second-order valence-electron chi connectivity index (χ2n) is 11.4. The molecule has 4 aliphatic rings. The summed E-state index contributed by atoms with van der Waals surface area (Å²) in [6.45, 7) is 9.80. The Labute approximate surface area is 203 Å². The van der Waals surface area contributed by atoms with E-state index in [-0.39, 0.29) is 34.7 Å². The minimum Gasteiger partial charge on any atom is -0.462 e. The number of fused-ring (bicyclic) bond motifs is 5. The second-order valence-corrected chi connectivity index (χ2v) is 11.4. The minimum atomic E-state index is -0.664. The van der Waals surface area contributed by atoms with Crippen LogP contribution in [0.1, 0.15) is 79.6 Å². The van der Waals surface area contributed by atoms with Gasteiger partial charge in [0.1, 0.15) is 6.10 Å². The Morgan fingerprint density at radius 3 is 2.47 bits per heavy atom. The Hall–Kier alpha value is -1.89. The van der Waals surface area contributed by atoms with Gasteiger partial charge >= 0.3 is 12.1 Å². The third kappa shape index (κ3) is 3.69. The van der Waals surface area contributed by atoms with Gasteiger partial charge in [-0.1, -0.05) is 19.9 Å². The number of esters is 1. The van der Waals surface area contributed by atoms with Crippen molar-refractivity contribution in [1.82, 2.24) is 5.32 Å². The van der Waals surface area contributed by atoms with Gasteiger partial charge in [-0.05, 0) is 81.1 Å². The molecule has 0 radical (unpaired) electrons. The molecule has 8 atom stereocenters. The zero-order valence-electron chi connectivity index (χ0n) is 21.6. The number of alkyl carbamates (subject to hydrolysis) is 1. The van der Waals surface area contributed by atoms with Gasteiger partial charge in [-0.25, -0.2) is 4.79 Å². The molecule has 34 heavy (non-hydrogen) atoms. The standard InChI is InChI=1S/C27H41NO6/c1-7-33-24(31)28-23-14-19-21-9-8-20(16(2)29)25(21,4)12-11-22(19)26(5)13-10-18(34-17(3)30)15-27(23,26)32-6/h8,18-19,21-23H,7,9-15H2,1-6H3,(H,28,31)/t18-,19?,21?,22?,23?,25+,26+,27?/m0/s1. The summed E-state index contributed by atoms with van der Waals surface area (Å²) in [5.41, 5.74) is 0.00633. The van der Waals surface area contributed by atoms with Gasteiger partial charge in [0.15, 0.2) is 5.78 Å². The predicted octanol–water partition coefficient (Wildman–Crippen LogP) is 4.58. The molecule has 7 heteroatoms. The summed E-state index contributed by atoms with van der Waals surface area (Å²) in [4.78, 5) is 36.9. The highest BCUT2D eigenvalue weighted by Crippen LogP contribution is 2.68. The Morgan fingerprint density at radius 1 is 1.12 bits per heavy atom. The van der Waals surface area contributed by atoms with E-state index in [1.54, 1.807) is 21.0 Å². The summed E-state index contributed by atoms with van der Waals surface area (Å²) < 4.78 is 17.4. The fraction of sp³-hybridized carbons (Fsp3) is 0.815. The van der Waals surface area contributed by atoms with Crippen LogP contribution in [-0.4, -0.2) is 49.3 Å². The predicted molar refractivity (Wildman–Crippen MR) is 127 cm³/mol. The molecule has 1 N–H and O–H groups in total. The van der Waals surface area contributed by atoms with E-state index in [9.17, 15) is 14.4 Å². The van der Waals surface area contributed by atoms with Crippen LogP contribution < -0.4 is 5.32 Å².